The second-order valence-electron chi connectivity index (χ2n) is 14.2. The van der Waals surface area contributed by atoms with Crippen molar-refractivity contribution in [2.24, 2.45) is 28.6 Å². The first-order valence-electron chi connectivity index (χ1n) is 16.2. The fourth-order valence-electron chi connectivity index (χ4n) is 10.0. The van der Waals surface area contributed by atoms with Gasteiger partial charge in [0.1, 0.15) is 18.8 Å². The number of rotatable bonds is 6. The highest BCUT2D eigenvalue weighted by atomic mass is 16.7. The first kappa shape index (κ1) is 30.6. The summed E-state index contributed by atoms with van der Waals surface area (Å²) in [5, 5.41) is 12.7. The van der Waals surface area contributed by atoms with Crippen LogP contribution in [0.3, 0.4) is 0 Å². The molecule has 1 aromatic rings. The molecule has 5 aliphatic rings. The van der Waals surface area contributed by atoms with Crippen LogP contribution in [-0.4, -0.2) is 79.4 Å². The molecule has 2 heterocycles. The average molecular weight is 602 g/mol. The van der Waals surface area contributed by atoms with Gasteiger partial charge < -0.3 is 28.5 Å². The zero-order valence-electron chi connectivity index (χ0n) is 25.8. The lowest BCUT2D eigenvalue weighted by atomic mass is 9.43. The predicted octanol–water partition coefficient (Wildman–Crippen LogP) is 4.28. The largest absolute Gasteiger partial charge is 0.508 e. The molecule has 1 aromatic heterocycles. The Morgan fingerprint density at radius 3 is 2.56 bits per heavy atom. The van der Waals surface area contributed by atoms with Crippen molar-refractivity contribution >= 4 is 12.1 Å². The third kappa shape index (κ3) is 5.52. The minimum absolute atomic E-state index is 0.0225. The molecule has 10 heteroatoms. The zero-order chi connectivity index (χ0) is 30.4. The summed E-state index contributed by atoms with van der Waals surface area (Å²) in [6.07, 6.45) is 6.71. The molecule has 1 aliphatic heterocycles. The van der Waals surface area contributed by atoms with Gasteiger partial charge in [-0.05, 0) is 79.7 Å². The maximum absolute atomic E-state index is 12.7. The molecular formula is C33H47NO9. The standard InChI is InChI=1S/C33H47NO9/c1-21(35)42-27-19-33(38)26-6-5-23-18-24(43-30(37)40-17-14-34-12-15-39-16-13-34)8-10-31(23,2)25(26)9-11-32(33,3)29(27)22-4-7-28(36)41-20-22/h4,7,20,23-27,29,38H,5-6,8-19H2,1-3H3. The van der Waals surface area contributed by atoms with Gasteiger partial charge >= 0.3 is 17.8 Å². The minimum Gasteiger partial charge on any atom is -0.462 e. The van der Waals surface area contributed by atoms with Gasteiger partial charge in [0.25, 0.3) is 0 Å². The van der Waals surface area contributed by atoms with Crippen molar-refractivity contribution in [3.05, 3.63) is 34.4 Å². The van der Waals surface area contributed by atoms with Crippen molar-refractivity contribution in [1.29, 1.82) is 0 Å². The summed E-state index contributed by atoms with van der Waals surface area (Å²) in [6, 6.07) is 3.16. The lowest BCUT2D eigenvalue weighted by molar-refractivity contribution is -0.206. The summed E-state index contributed by atoms with van der Waals surface area (Å²) < 4.78 is 27.7. The van der Waals surface area contributed by atoms with Crippen LogP contribution in [0.5, 0.6) is 0 Å². The van der Waals surface area contributed by atoms with Crippen LogP contribution in [0.4, 0.5) is 4.79 Å². The highest BCUT2D eigenvalue weighted by Crippen LogP contribution is 2.71. The van der Waals surface area contributed by atoms with E-state index in [2.05, 4.69) is 18.7 Å². The smallest absolute Gasteiger partial charge is 0.462 e. The number of hydrogen-bond acceptors (Lipinski definition) is 10. The lowest BCUT2D eigenvalue weighted by Gasteiger charge is -2.63. The molecule has 0 spiro atoms. The van der Waals surface area contributed by atoms with Crippen molar-refractivity contribution < 1.29 is 38.1 Å². The van der Waals surface area contributed by atoms with Crippen LogP contribution in [-0.2, 0) is 23.7 Å². The summed E-state index contributed by atoms with van der Waals surface area (Å²) in [7, 11) is 0. The molecule has 9 atom stereocenters. The summed E-state index contributed by atoms with van der Waals surface area (Å²) in [6.45, 7) is 10.1. The number of ether oxygens (including phenoxy) is 4. The van der Waals surface area contributed by atoms with Crippen LogP contribution >= 0.6 is 0 Å². The van der Waals surface area contributed by atoms with Gasteiger partial charge in [0.05, 0.1) is 25.1 Å². The highest BCUT2D eigenvalue weighted by Gasteiger charge is 2.70. The van der Waals surface area contributed by atoms with Gasteiger partial charge in [-0.25, -0.2) is 9.59 Å². The van der Waals surface area contributed by atoms with E-state index in [0.717, 1.165) is 63.6 Å². The molecule has 10 nitrogen and oxygen atoms in total. The Bertz CT molecular complexity index is 1220. The van der Waals surface area contributed by atoms with Gasteiger partial charge in [-0.2, -0.15) is 0 Å². The van der Waals surface area contributed by atoms with Crippen LogP contribution in [0.25, 0.3) is 0 Å². The second kappa shape index (κ2) is 11.8. The fraction of sp³-hybridized carbons (Fsp3) is 0.788. The first-order chi connectivity index (χ1) is 20.5. The van der Waals surface area contributed by atoms with Gasteiger partial charge in [-0.1, -0.05) is 13.8 Å². The molecule has 0 amide bonds. The van der Waals surface area contributed by atoms with E-state index in [0.29, 0.717) is 44.6 Å². The summed E-state index contributed by atoms with van der Waals surface area (Å²) in [4.78, 5) is 38.6. The quantitative estimate of drug-likeness (QED) is 0.473. The normalized spacial score (nSPS) is 40.9. The zero-order valence-corrected chi connectivity index (χ0v) is 25.8. The number of carbonyl (C=O) groups excluding carboxylic acids is 2. The molecule has 238 valence electrons. The molecule has 4 saturated carbocycles. The molecule has 4 aliphatic carbocycles. The van der Waals surface area contributed by atoms with Crippen LogP contribution in [0.15, 0.2) is 27.6 Å². The molecule has 9 unspecified atom stereocenters. The van der Waals surface area contributed by atoms with Crippen molar-refractivity contribution in [1.82, 2.24) is 4.90 Å². The highest BCUT2D eigenvalue weighted by molar-refractivity contribution is 5.66. The Kier molecular flexibility index (Phi) is 8.41. The number of esters is 1. The van der Waals surface area contributed by atoms with E-state index in [1.807, 2.05) is 0 Å². The summed E-state index contributed by atoms with van der Waals surface area (Å²) in [5.41, 5.74) is -1.18. The van der Waals surface area contributed by atoms with Crippen molar-refractivity contribution in [2.45, 2.75) is 95.9 Å². The van der Waals surface area contributed by atoms with Gasteiger partial charge in [0.15, 0.2) is 0 Å². The Labute approximate surface area is 253 Å². The molecule has 1 N–H and O–H groups in total. The van der Waals surface area contributed by atoms with Gasteiger partial charge in [0, 0.05) is 50.4 Å². The minimum atomic E-state index is -1.03. The number of nitrogens with zero attached hydrogens (tertiary/aromatic N) is 1. The number of fused-ring (bicyclic) bond motifs is 5. The maximum atomic E-state index is 12.7. The van der Waals surface area contributed by atoms with E-state index < -0.39 is 28.9 Å². The first-order valence-corrected chi connectivity index (χ1v) is 16.2. The molecular weight excluding hydrogens is 554 g/mol. The van der Waals surface area contributed by atoms with Crippen molar-refractivity contribution in [2.75, 3.05) is 39.5 Å². The molecule has 43 heavy (non-hydrogen) atoms. The van der Waals surface area contributed by atoms with E-state index in [1.54, 1.807) is 6.07 Å². The Morgan fingerprint density at radius 1 is 1.05 bits per heavy atom. The average Bonchev–Trinajstić information content (AvgIpc) is 3.20. The Balaban J connectivity index is 1.13. The van der Waals surface area contributed by atoms with E-state index >= 15 is 0 Å². The Hall–Kier alpha value is -2.43. The Morgan fingerprint density at radius 2 is 1.84 bits per heavy atom. The van der Waals surface area contributed by atoms with Crippen molar-refractivity contribution in [3.63, 3.8) is 0 Å². The maximum Gasteiger partial charge on any atom is 0.508 e. The fourth-order valence-corrected chi connectivity index (χ4v) is 10.0. The SMILES string of the molecule is CC(=O)OC1CC2(O)C3CCC4CC(OC(=O)OCCN5CCOCC5)CCC4(C)C3CCC2(C)C1c1ccc(=O)oc1. The van der Waals surface area contributed by atoms with E-state index in [1.165, 1.54) is 19.3 Å². The second-order valence-corrected chi connectivity index (χ2v) is 14.2. The van der Waals surface area contributed by atoms with Crippen molar-refractivity contribution in [3.8, 4) is 0 Å². The molecule has 0 bridgehead atoms. The topological polar surface area (TPSA) is 125 Å². The molecule has 6 rings (SSSR count). The summed E-state index contributed by atoms with van der Waals surface area (Å²) in [5.74, 6) is 0.135. The molecule has 1 saturated heterocycles. The van der Waals surface area contributed by atoms with Crippen LogP contribution in [0, 0.1) is 28.6 Å². The third-order valence-corrected chi connectivity index (χ3v) is 12.2. The summed E-state index contributed by atoms with van der Waals surface area (Å²) >= 11 is 0. The number of aliphatic hydroxyl groups is 1. The molecule has 0 radical (unpaired) electrons. The number of carbonyl (C=O) groups is 2. The van der Waals surface area contributed by atoms with Crippen LogP contribution in [0.1, 0.15) is 83.6 Å². The van der Waals surface area contributed by atoms with E-state index in [9.17, 15) is 19.5 Å². The van der Waals surface area contributed by atoms with Crippen LogP contribution in [0.2, 0.25) is 0 Å². The number of hydrogen-bond donors (Lipinski definition) is 1. The monoisotopic (exact) mass is 601 g/mol. The lowest BCUT2D eigenvalue weighted by Crippen LogP contribution is -2.62. The number of morpholine rings is 1. The van der Waals surface area contributed by atoms with Crippen LogP contribution < -0.4 is 5.63 Å². The predicted molar refractivity (Wildman–Crippen MR) is 155 cm³/mol. The molecule has 5 fully saturated rings. The van der Waals surface area contributed by atoms with Gasteiger partial charge in [0.2, 0.25) is 0 Å². The van der Waals surface area contributed by atoms with E-state index in [-0.39, 0.29) is 29.3 Å². The van der Waals surface area contributed by atoms with E-state index in [4.69, 9.17) is 23.4 Å². The third-order valence-electron chi connectivity index (χ3n) is 12.2. The van der Waals surface area contributed by atoms with Gasteiger partial charge in [-0.3, -0.25) is 9.69 Å². The molecule has 0 aromatic carbocycles. The van der Waals surface area contributed by atoms with Gasteiger partial charge in [-0.15, -0.1) is 0 Å².